The largest absolute Gasteiger partial charge is 0.351 e. The predicted molar refractivity (Wildman–Crippen MR) is 132 cm³/mol. The number of benzene rings is 2. The van der Waals surface area contributed by atoms with Gasteiger partial charge in [-0.05, 0) is 49.7 Å². The molecule has 1 unspecified atom stereocenters. The van der Waals surface area contributed by atoms with E-state index in [1.165, 1.54) is 0 Å². The van der Waals surface area contributed by atoms with Gasteiger partial charge in [0.2, 0.25) is 11.8 Å². The molecule has 2 aromatic carbocycles. The van der Waals surface area contributed by atoms with Crippen LogP contribution in [-0.2, 0) is 9.59 Å². The second-order valence-electron chi connectivity index (χ2n) is 8.67. The molecule has 8 nitrogen and oxygen atoms in total. The van der Waals surface area contributed by atoms with Gasteiger partial charge in [0.15, 0.2) is 5.65 Å². The topological polar surface area (TPSA) is 93.7 Å². The van der Waals surface area contributed by atoms with E-state index in [2.05, 4.69) is 11.4 Å². The molecule has 0 radical (unpaired) electrons. The number of nitrogens with zero attached hydrogens (tertiary/aromatic N) is 5. The fraction of sp³-hybridized carbons (Fsp3) is 0.231. The molecule has 34 heavy (non-hydrogen) atoms. The van der Waals surface area contributed by atoms with Crippen molar-refractivity contribution in [1.29, 1.82) is 5.26 Å². The number of fused-ring (bicyclic) bond motifs is 4. The van der Waals surface area contributed by atoms with E-state index >= 15 is 0 Å². The number of hydrogen-bond acceptors (Lipinski definition) is 5. The lowest BCUT2D eigenvalue weighted by molar-refractivity contribution is -0.118. The first-order valence-corrected chi connectivity index (χ1v) is 11.1. The second-order valence-corrected chi connectivity index (χ2v) is 8.67. The van der Waals surface area contributed by atoms with Crippen molar-refractivity contribution in [1.82, 2.24) is 9.38 Å². The summed E-state index contributed by atoms with van der Waals surface area (Å²) in [5, 5.41) is 12.6. The zero-order valence-electron chi connectivity index (χ0n) is 19.2. The summed E-state index contributed by atoms with van der Waals surface area (Å²) >= 11 is 0. The lowest BCUT2D eigenvalue weighted by Crippen LogP contribution is -2.44. The van der Waals surface area contributed by atoms with Crippen molar-refractivity contribution < 1.29 is 9.59 Å². The molecule has 1 aliphatic heterocycles. The van der Waals surface area contributed by atoms with Gasteiger partial charge in [0.1, 0.15) is 11.9 Å². The first-order valence-electron chi connectivity index (χ1n) is 11.1. The molecule has 2 aromatic heterocycles. The number of amides is 2. The van der Waals surface area contributed by atoms with E-state index in [-0.39, 0.29) is 30.8 Å². The van der Waals surface area contributed by atoms with E-state index in [1.807, 2.05) is 78.7 Å². The summed E-state index contributed by atoms with van der Waals surface area (Å²) in [6.45, 7) is 3.84. The molecule has 0 aliphatic carbocycles. The monoisotopic (exact) mass is 452 g/mol. The molecule has 0 saturated heterocycles. The molecule has 0 saturated carbocycles. The Hall–Kier alpha value is -4.38. The summed E-state index contributed by atoms with van der Waals surface area (Å²) in [4.78, 5) is 34.2. The summed E-state index contributed by atoms with van der Waals surface area (Å²) in [5.74, 6) is 0.523. The smallest absolute Gasteiger partial charge is 0.246 e. The van der Waals surface area contributed by atoms with E-state index in [9.17, 15) is 14.9 Å². The third kappa shape index (κ3) is 3.42. The highest BCUT2D eigenvalue weighted by Gasteiger charge is 2.30. The van der Waals surface area contributed by atoms with Crippen LogP contribution in [0.15, 0.2) is 54.6 Å². The number of pyridine rings is 1. The van der Waals surface area contributed by atoms with Gasteiger partial charge in [-0.2, -0.15) is 5.26 Å². The molecule has 170 valence electrons. The number of aromatic nitrogens is 2. The van der Waals surface area contributed by atoms with E-state index < -0.39 is 0 Å². The fourth-order valence-electron chi connectivity index (χ4n) is 4.68. The van der Waals surface area contributed by atoms with Gasteiger partial charge in [-0.15, -0.1) is 0 Å². The number of nitrogens with one attached hydrogen (secondary N) is 1. The third-order valence-corrected chi connectivity index (χ3v) is 6.26. The van der Waals surface area contributed by atoms with Crippen LogP contribution in [0.5, 0.6) is 0 Å². The Morgan fingerprint density at radius 3 is 2.76 bits per heavy atom. The van der Waals surface area contributed by atoms with Crippen LogP contribution in [0.25, 0.3) is 16.7 Å². The fourth-order valence-corrected chi connectivity index (χ4v) is 4.68. The van der Waals surface area contributed by atoms with Gasteiger partial charge < -0.3 is 15.1 Å². The lowest BCUT2D eigenvalue weighted by atomic mass is 10.1. The van der Waals surface area contributed by atoms with Crippen LogP contribution >= 0.6 is 0 Å². The number of carbonyl (C=O) groups is 2. The maximum atomic E-state index is 13.6. The van der Waals surface area contributed by atoms with Crippen molar-refractivity contribution in [3.8, 4) is 6.07 Å². The predicted octanol–water partition coefficient (Wildman–Crippen LogP) is 3.87. The van der Waals surface area contributed by atoms with E-state index in [0.717, 1.165) is 22.4 Å². The van der Waals surface area contributed by atoms with Gasteiger partial charge in [0.05, 0.1) is 34.5 Å². The van der Waals surface area contributed by atoms with E-state index in [4.69, 9.17) is 4.98 Å². The quantitative estimate of drug-likeness (QED) is 0.509. The Kier molecular flexibility index (Phi) is 5.17. The maximum absolute atomic E-state index is 13.6. The molecule has 2 amide bonds. The van der Waals surface area contributed by atoms with Crippen molar-refractivity contribution in [2.75, 3.05) is 28.7 Å². The number of nitriles is 1. The van der Waals surface area contributed by atoms with Gasteiger partial charge >= 0.3 is 0 Å². The summed E-state index contributed by atoms with van der Waals surface area (Å²) in [5.41, 5.74) is 4.85. The number of aryl methyl sites for hydroxylation is 1. The zero-order chi connectivity index (χ0) is 24.0. The number of carbonyl (C=O) groups excluding carboxylic acids is 2. The molecular weight excluding hydrogens is 428 g/mol. The van der Waals surface area contributed by atoms with E-state index in [0.29, 0.717) is 22.6 Å². The van der Waals surface area contributed by atoms with Crippen molar-refractivity contribution in [3.63, 3.8) is 0 Å². The molecule has 3 heterocycles. The van der Waals surface area contributed by atoms with Crippen LogP contribution in [0.1, 0.15) is 24.5 Å². The molecule has 0 fully saturated rings. The molecule has 4 aromatic rings. The van der Waals surface area contributed by atoms with Crippen molar-refractivity contribution in [3.05, 3.63) is 65.7 Å². The number of likely N-dealkylation sites (N-methyl/N-ethyl adjacent to an activating group) is 1. The minimum absolute atomic E-state index is 0.0831. The van der Waals surface area contributed by atoms with Gasteiger partial charge in [-0.3, -0.25) is 14.0 Å². The standard InChI is InChI=1S/C26H24N6O2/c1-16-12-24(32-22-11-7-5-9-20(22)29-26(32)18(16)14-27)30(3)15-25(34)31-17(2)13-23(33)28-19-8-4-6-10-21(19)31/h4-12,17H,13,15H2,1-3H3,(H,28,33). The van der Waals surface area contributed by atoms with Crippen LogP contribution in [0.4, 0.5) is 17.2 Å². The van der Waals surface area contributed by atoms with Gasteiger partial charge in [0, 0.05) is 19.5 Å². The normalized spacial score (nSPS) is 15.5. The number of para-hydroxylation sites is 4. The summed E-state index contributed by atoms with van der Waals surface area (Å²) in [6, 6.07) is 18.9. The van der Waals surface area contributed by atoms with Crippen LogP contribution in [0.2, 0.25) is 0 Å². The molecule has 8 heteroatoms. The third-order valence-electron chi connectivity index (χ3n) is 6.26. The Bertz CT molecular complexity index is 1500. The van der Waals surface area contributed by atoms with Crippen molar-refractivity contribution in [2.24, 2.45) is 0 Å². The minimum Gasteiger partial charge on any atom is -0.351 e. The summed E-state index contributed by atoms with van der Waals surface area (Å²) < 4.78 is 1.93. The molecule has 1 N–H and O–H groups in total. The average Bonchev–Trinajstić information content (AvgIpc) is 3.12. The molecule has 0 bridgehead atoms. The highest BCUT2D eigenvalue weighted by Crippen LogP contribution is 2.32. The Balaban J connectivity index is 1.57. The van der Waals surface area contributed by atoms with Crippen molar-refractivity contribution >= 4 is 45.7 Å². The van der Waals surface area contributed by atoms with Gasteiger partial charge in [0.25, 0.3) is 0 Å². The number of imidazole rings is 1. The van der Waals surface area contributed by atoms with Crippen LogP contribution in [0.3, 0.4) is 0 Å². The van der Waals surface area contributed by atoms with E-state index in [1.54, 1.807) is 11.0 Å². The second kappa shape index (κ2) is 8.19. The van der Waals surface area contributed by atoms with Crippen LogP contribution in [0, 0.1) is 18.3 Å². The minimum atomic E-state index is -0.290. The Labute approximate surface area is 197 Å². The van der Waals surface area contributed by atoms with Gasteiger partial charge in [-0.25, -0.2) is 4.98 Å². The first kappa shape index (κ1) is 21.5. The average molecular weight is 453 g/mol. The van der Waals surface area contributed by atoms with Crippen LogP contribution < -0.4 is 15.1 Å². The summed E-state index contributed by atoms with van der Waals surface area (Å²) in [7, 11) is 1.85. The summed E-state index contributed by atoms with van der Waals surface area (Å²) in [6.07, 6.45) is 0.219. The highest BCUT2D eigenvalue weighted by molar-refractivity contribution is 6.05. The zero-order valence-corrected chi connectivity index (χ0v) is 19.2. The molecule has 5 rings (SSSR count). The van der Waals surface area contributed by atoms with Crippen molar-refractivity contribution in [2.45, 2.75) is 26.3 Å². The lowest BCUT2D eigenvalue weighted by Gasteiger charge is -2.30. The molecule has 0 spiro atoms. The number of hydrogen-bond donors (Lipinski definition) is 1. The molecule has 1 atom stereocenters. The maximum Gasteiger partial charge on any atom is 0.246 e. The SMILES string of the molecule is Cc1cc(N(C)CC(=O)N2c3ccccc3NC(=O)CC2C)n2c(nc3ccccc32)c1C#N. The highest BCUT2D eigenvalue weighted by atomic mass is 16.2. The molecular formula is C26H24N6O2. The van der Waals surface area contributed by atoms with Crippen LogP contribution in [-0.4, -0.2) is 40.8 Å². The Morgan fingerprint density at radius 2 is 1.97 bits per heavy atom. The number of rotatable bonds is 3. The van der Waals surface area contributed by atoms with Gasteiger partial charge in [-0.1, -0.05) is 24.3 Å². The first-order chi connectivity index (χ1) is 16.4. The number of anilines is 3. The Morgan fingerprint density at radius 1 is 1.24 bits per heavy atom. The molecule has 1 aliphatic rings.